The van der Waals surface area contributed by atoms with Gasteiger partial charge in [-0.15, -0.1) is 0 Å². The Labute approximate surface area is 140 Å². The van der Waals surface area contributed by atoms with Crippen molar-refractivity contribution >= 4 is 12.1 Å². The molecule has 0 aromatic rings. The largest absolute Gasteiger partial charge is 0.444 e. The third kappa shape index (κ3) is 11.7. The molecule has 0 heterocycles. The molecule has 0 saturated heterocycles. The summed E-state index contributed by atoms with van der Waals surface area (Å²) >= 11 is 0. The van der Waals surface area contributed by atoms with Crippen molar-refractivity contribution in [3.8, 4) is 0 Å². The maximum Gasteiger partial charge on any atom is 0.410 e. The number of nitrogens with one attached hydrogen (secondary N) is 2. The number of amides is 1. The monoisotopic (exact) mass is 330 g/mol. The predicted molar refractivity (Wildman–Crippen MR) is 94.0 cm³/mol. The summed E-state index contributed by atoms with van der Waals surface area (Å²) in [5.74, 6) is 0.724. The van der Waals surface area contributed by atoms with Crippen LogP contribution in [-0.2, 0) is 9.47 Å². The summed E-state index contributed by atoms with van der Waals surface area (Å²) in [7, 11) is 3.41. The van der Waals surface area contributed by atoms with Crippen LogP contribution < -0.4 is 10.6 Å². The smallest absolute Gasteiger partial charge is 0.410 e. The number of ether oxygens (including phenoxy) is 2. The molecule has 0 aliphatic carbocycles. The van der Waals surface area contributed by atoms with Crippen LogP contribution in [0, 0.1) is 0 Å². The summed E-state index contributed by atoms with van der Waals surface area (Å²) in [6.07, 6.45) is 1.53. The third-order valence-corrected chi connectivity index (χ3v) is 2.86. The first-order valence-corrected chi connectivity index (χ1v) is 8.25. The average molecular weight is 330 g/mol. The Bertz CT molecular complexity index is 354. The highest BCUT2D eigenvalue weighted by atomic mass is 16.6. The van der Waals surface area contributed by atoms with Gasteiger partial charge in [0.2, 0.25) is 0 Å². The van der Waals surface area contributed by atoms with E-state index in [2.05, 4.69) is 15.6 Å². The van der Waals surface area contributed by atoms with Crippen molar-refractivity contribution in [2.75, 3.05) is 46.9 Å². The number of hydrogen-bond donors (Lipinski definition) is 2. The molecule has 7 nitrogen and oxygen atoms in total. The molecule has 0 rings (SSSR count). The Morgan fingerprint density at radius 2 is 1.83 bits per heavy atom. The van der Waals surface area contributed by atoms with E-state index in [0.29, 0.717) is 26.2 Å². The van der Waals surface area contributed by atoms with Gasteiger partial charge in [0.15, 0.2) is 5.96 Å². The standard InChI is InChI=1S/C16H34N4O3/c1-7-11-20(15(21)23-16(2,3)4)12-10-19-14(17-5)18-9-8-13-22-6/h7-13H2,1-6H3,(H2,17,18,19). The SMILES string of the molecule is CCCN(CCNC(=NC)NCCCOC)C(=O)OC(C)(C)C. The van der Waals surface area contributed by atoms with E-state index in [-0.39, 0.29) is 6.09 Å². The van der Waals surface area contributed by atoms with Crippen LogP contribution in [0.3, 0.4) is 0 Å². The van der Waals surface area contributed by atoms with Crippen LogP contribution in [0.1, 0.15) is 40.5 Å². The van der Waals surface area contributed by atoms with Gasteiger partial charge in [0.25, 0.3) is 0 Å². The summed E-state index contributed by atoms with van der Waals surface area (Å²) in [6, 6.07) is 0. The van der Waals surface area contributed by atoms with E-state index in [0.717, 1.165) is 25.3 Å². The fourth-order valence-electron chi connectivity index (χ4n) is 1.84. The molecule has 2 N–H and O–H groups in total. The van der Waals surface area contributed by atoms with Gasteiger partial charge in [-0.2, -0.15) is 0 Å². The number of guanidine groups is 1. The van der Waals surface area contributed by atoms with E-state index in [1.807, 2.05) is 27.7 Å². The van der Waals surface area contributed by atoms with Crippen LogP contribution in [0.25, 0.3) is 0 Å². The number of hydrogen-bond acceptors (Lipinski definition) is 4. The van der Waals surface area contributed by atoms with E-state index >= 15 is 0 Å². The first-order valence-electron chi connectivity index (χ1n) is 8.25. The molecule has 0 saturated carbocycles. The van der Waals surface area contributed by atoms with Crippen LogP contribution in [-0.4, -0.2) is 69.5 Å². The molecule has 0 atom stereocenters. The van der Waals surface area contributed by atoms with Crippen molar-refractivity contribution in [1.29, 1.82) is 0 Å². The molecule has 0 fully saturated rings. The molecule has 1 amide bonds. The molecule has 7 heteroatoms. The normalized spacial score (nSPS) is 12.0. The fourth-order valence-corrected chi connectivity index (χ4v) is 1.84. The maximum absolute atomic E-state index is 12.2. The molecule has 0 aliphatic heterocycles. The molecule has 0 aromatic heterocycles. The molecule has 0 aliphatic rings. The van der Waals surface area contributed by atoms with Crippen molar-refractivity contribution in [1.82, 2.24) is 15.5 Å². The summed E-state index contributed by atoms with van der Waals surface area (Å²) in [4.78, 5) is 18.0. The van der Waals surface area contributed by atoms with Crippen LogP contribution in [0.4, 0.5) is 4.79 Å². The maximum atomic E-state index is 12.2. The van der Waals surface area contributed by atoms with Gasteiger partial charge in [0.1, 0.15) is 5.60 Å². The lowest BCUT2D eigenvalue weighted by Crippen LogP contribution is -2.44. The molecule has 0 aromatic carbocycles. The number of aliphatic imine (C=N–C) groups is 1. The van der Waals surface area contributed by atoms with Gasteiger partial charge in [-0.25, -0.2) is 4.79 Å². The minimum absolute atomic E-state index is 0.274. The minimum atomic E-state index is -0.477. The van der Waals surface area contributed by atoms with Gasteiger partial charge < -0.3 is 25.0 Å². The molecular formula is C16H34N4O3. The lowest BCUT2D eigenvalue weighted by Gasteiger charge is -2.27. The Morgan fingerprint density at radius 1 is 1.17 bits per heavy atom. The van der Waals surface area contributed by atoms with Crippen LogP contribution >= 0.6 is 0 Å². The highest BCUT2D eigenvalue weighted by Gasteiger charge is 2.21. The molecule has 0 spiro atoms. The number of methoxy groups -OCH3 is 1. The summed E-state index contributed by atoms with van der Waals surface area (Å²) < 4.78 is 10.4. The number of carbonyl (C=O) groups excluding carboxylic acids is 1. The van der Waals surface area contributed by atoms with Gasteiger partial charge in [-0.1, -0.05) is 6.92 Å². The van der Waals surface area contributed by atoms with Crippen molar-refractivity contribution in [3.63, 3.8) is 0 Å². The molecule has 136 valence electrons. The quantitative estimate of drug-likeness (QED) is 0.383. The van der Waals surface area contributed by atoms with Crippen LogP contribution in [0.2, 0.25) is 0 Å². The van der Waals surface area contributed by atoms with Crippen molar-refractivity contribution < 1.29 is 14.3 Å². The highest BCUT2D eigenvalue weighted by molar-refractivity contribution is 5.79. The van der Waals surface area contributed by atoms with E-state index < -0.39 is 5.60 Å². The minimum Gasteiger partial charge on any atom is -0.444 e. The molecule has 23 heavy (non-hydrogen) atoms. The number of nitrogens with zero attached hydrogens (tertiary/aromatic N) is 2. The Kier molecular flexibility index (Phi) is 11.2. The summed E-state index contributed by atoms with van der Waals surface area (Å²) in [5, 5.41) is 6.40. The lowest BCUT2D eigenvalue weighted by molar-refractivity contribution is 0.0253. The topological polar surface area (TPSA) is 75.2 Å². The van der Waals surface area contributed by atoms with E-state index in [1.165, 1.54) is 0 Å². The first kappa shape index (κ1) is 21.5. The van der Waals surface area contributed by atoms with Crippen LogP contribution in [0.15, 0.2) is 4.99 Å². The van der Waals surface area contributed by atoms with E-state index in [4.69, 9.17) is 9.47 Å². The van der Waals surface area contributed by atoms with Gasteiger partial charge in [0, 0.05) is 46.9 Å². The average Bonchev–Trinajstić information content (AvgIpc) is 2.46. The summed E-state index contributed by atoms with van der Waals surface area (Å²) in [6.45, 7) is 11.0. The number of rotatable bonds is 9. The molecule has 0 unspecified atom stereocenters. The molecule has 0 radical (unpaired) electrons. The Balaban J connectivity index is 4.22. The Morgan fingerprint density at radius 3 is 2.35 bits per heavy atom. The van der Waals surface area contributed by atoms with E-state index in [9.17, 15) is 4.79 Å². The Hall–Kier alpha value is -1.50. The van der Waals surface area contributed by atoms with Crippen molar-refractivity contribution in [2.24, 2.45) is 4.99 Å². The molecule has 0 bridgehead atoms. The second-order valence-electron chi connectivity index (χ2n) is 6.24. The zero-order valence-electron chi connectivity index (χ0n) is 15.6. The lowest BCUT2D eigenvalue weighted by atomic mass is 10.2. The van der Waals surface area contributed by atoms with Gasteiger partial charge in [-0.05, 0) is 33.6 Å². The second kappa shape index (κ2) is 12.0. The second-order valence-corrected chi connectivity index (χ2v) is 6.24. The number of carbonyl (C=O) groups is 1. The van der Waals surface area contributed by atoms with Crippen LogP contribution in [0.5, 0.6) is 0 Å². The van der Waals surface area contributed by atoms with Crippen molar-refractivity contribution in [2.45, 2.75) is 46.1 Å². The fraction of sp³-hybridized carbons (Fsp3) is 0.875. The first-order chi connectivity index (χ1) is 10.8. The van der Waals surface area contributed by atoms with Gasteiger partial charge >= 0.3 is 6.09 Å². The predicted octanol–water partition coefficient (Wildman–Crippen LogP) is 1.83. The van der Waals surface area contributed by atoms with Crippen molar-refractivity contribution in [3.05, 3.63) is 0 Å². The highest BCUT2D eigenvalue weighted by Crippen LogP contribution is 2.09. The zero-order valence-corrected chi connectivity index (χ0v) is 15.6. The third-order valence-electron chi connectivity index (χ3n) is 2.86. The van der Waals surface area contributed by atoms with E-state index in [1.54, 1.807) is 19.1 Å². The zero-order chi connectivity index (χ0) is 17.7. The molecular weight excluding hydrogens is 296 g/mol. The van der Waals surface area contributed by atoms with Gasteiger partial charge in [0.05, 0.1) is 0 Å². The summed E-state index contributed by atoms with van der Waals surface area (Å²) in [5.41, 5.74) is -0.477. The van der Waals surface area contributed by atoms with Gasteiger partial charge in [-0.3, -0.25) is 4.99 Å².